The first-order chi connectivity index (χ1) is 14.0. The lowest BCUT2D eigenvalue weighted by atomic mass is 10.2. The summed E-state index contributed by atoms with van der Waals surface area (Å²) in [5, 5.41) is 2.81. The lowest BCUT2D eigenvalue weighted by Crippen LogP contribution is -2.35. The van der Waals surface area contributed by atoms with E-state index in [-0.39, 0.29) is 17.4 Å². The minimum absolute atomic E-state index is 0.107. The molecule has 1 amide bonds. The summed E-state index contributed by atoms with van der Waals surface area (Å²) in [5.74, 6) is 0.302. The molecular formula is C20H28N4O4S. The second-order valence-corrected chi connectivity index (χ2v) is 9.12. The Kier molecular flexibility index (Phi) is 7.27. The Morgan fingerprint density at radius 1 is 1.24 bits per heavy atom. The lowest BCUT2D eigenvalue weighted by Gasteiger charge is -2.26. The third-order valence-corrected chi connectivity index (χ3v) is 6.83. The molecule has 1 aromatic heterocycles. The van der Waals surface area contributed by atoms with E-state index in [1.807, 2.05) is 10.8 Å². The highest BCUT2D eigenvalue weighted by atomic mass is 32.2. The van der Waals surface area contributed by atoms with Crippen LogP contribution < -0.4 is 10.1 Å². The van der Waals surface area contributed by atoms with Gasteiger partial charge in [-0.25, -0.2) is 13.4 Å². The molecular weight excluding hydrogens is 392 g/mol. The molecule has 3 rings (SSSR count). The minimum Gasteiger partial charge on any atom is -0.484 e. The maximum absolute atomic E-state index is 12.8. The second-order valence-electron chi connectivity index (χ2n) is 7.18. The van der Waals surface area contributed by atoms with Gasteiger partial charge < -0.3 is 14.6 Å². The van der Waals surface area contributed by atoms with Crippen molar-refractivity contribution in [1.82, 2.24) is 19.2 Å². The lowest BCUT2D eigenvalue weighted by molar-refractivity contribution is -0.123. The molecule has 0 spiro atoms. The third kappa shape index (κ3) is 5.80. The number of hydrogen-bond donors (Lipinski definition) is 1. The molecule has 1 aliphatic rings. The van der Waals surface area contributed by atoms with E-state index < -0.39 is 10.0 Å². The average Bonchev–Trinajstić information content (AvgIpc) is 3.24. The molecule has 29 heavy (non-hydrogen) atoms. The number of hydrogen-bond acceptors (Lipinski definition) is 5. The molecule has 2 aromatic rings. The number of nitrogens with zero attached hydrogens (tertiary/aromatic N) is 3. The Balaban J connectivity index is 1.48. The van der Waals surface area contributed by atoms with E-state index in [4.69, 9.17) is 4.74 Å². The summed E-state index contributed by atoms with van der Waals surface area (Å²) in [6.07, 6.45) is 9.00. The van der Waals surface area contributed by atoms with Crippen molar-refractivity contribution < 1.29 is 17.9 Å². The van der Waals surface area contributed by atoms with E-state index in [0.717, 1.165) is 32.2 Å². The fraction of sp³-hybridized carbons (Fsp3) is 0.500. The van der Waals surface area contributed by atoms with Gasteiger partial charge in [-0.1, -0.05) is 6.42 Å². The van der Waals surface area contributed by atoms with Crippen LogP contribution in [0.15, 0.2) is 41.8 Å². The number of aryl methyl sites for hydroxylation is 2. The SMILES string of the molecule is Cc1cc(S(=O)(=O)N2CCCCC2)ccc1OCC(=O)NCCCn1ccnc1. The highest BCUT2D eigenvalue weighted by Gasteiger charge is 2.26. The number of ether oxygens (including phenoxy) is 1. The molecule has 1 aliphatic heterocycles. The predicted molar refractivity (Wildman–Crippen MR) is 109 cm³/mol. The fourth-order valence-electron chi connectivity index (χ4n) is 3.30. The minimum atomic E-state index is -3.47. The van der Waals surface area contributed by atoms with E-state index in [1.165, 1.54) is 0 Å². The third-order valence-electron chi connectivity index (χ3n) is 4.93. The van der Waals surface area contributed by atoms with Crippen molar-refractivity contribution >= 4 is 15.9 Å². The summed E-state index contributed by atoms with van der Waals surface area (Å²) in [6.45, 7) is 4.15. The molecule has 2 heterocycles. The van der Waals surface area contributed by atoms with Crippen LogP contribution in [0.25, 0.3) is 0 Å². The van der Waals surface area contributed by atoms with Crippen LogP contribution in [0.2, 0.25) is 0 Å². The molecule has 0 unspecified atom stereocenters. The number of piperidine rings is 1. The Morgan fingerprint density at radius 2 is 2.03 bits per heavy atom. The molecule has 1 N–H and O–H groups in total. The highest BCUT2D eigenvalue weighted by Crippen LogP contribution is 2.25. The quantitative estimate of drug-likeness (QED) is 0.626. The van der Waals surface area contributed by atoms with Gasteiger partial charge in [0.05, 0.1) is 11.2 Å². The Morgan fingerprint density at radius 3 is 2.72 bits per heavy atom. The number of aromatic nitrogens is 2. The smallest absolute Gasteiger partial charge is 0.257 e. The Labute approximate surface area is 171 Å². The summed E-state index contributed by atoms with van der Waals surface area (Å²) < 4.78 is 34.6. The van der Waals surface area contributed by atoms with Crippen molar-refractivity contribution in [2.45, 2.75) is 44.0 Å². The molecule has 1 fully saturated rings. The van der Waals surface area contributed by atoms with E-state index in [2.05, 4.69) is 10.3 Å². The number of rotatable bonds is 9. The van der Waals surface area contributed by atoms with Gasteiger partial charge in [0.25, 0.3) is 5.91 Å². The molecule has 0 radical (unpaired) electrons. The van der Waals surface area contributed by atoms with Crippen LogP contribution in [0.1, 0.15) is 31.2 Å². The van der Waals surface area contributed by atoms with Gasteiger partial charge in [-0.15, -0.1) is 0 Å². The van der Waals surface area contributed by atoms with Crippen LogP contribution in [0.5, 0.6) is 5.75 Å². The standard InChI is InChI=1S/C20H28N4O4S/c1-17-14-18(29(26,27)24-11-3-2-4-12-24)6-7-19(17)28-15-20(25)22-8-5-10-23-13-9-21-16-23/h6-7,9,13-14,16H,2-5,8,10-12,15H2,1H3,(H,22,25). The first-order valence-corrected chi connectivity index (χ1v) is 11.4. The largest absolute Gasteiger partial charge is 0.484 e. The van der Waals surface area contributed by atoms with Crippen LogP contribution in [0, 0.1) is 6.92 Å². The summed E-state index contributed by atoms with van der Waals surface area (Å²) in [6, 6.07) is 4.79. The first kappa shape index (κ1) is 21.3. The summed E-state index contributed by atoms with van der Waals surface area (Å²) in [5.41, 5.74) is 0.691. The summed E-state index contributed by atoms with van der Waals surface area (Å²) >= 11 is 0. The highest BCUT2D eigenvalue weighted by molar-refractivity contribution is 7.89. The van der Waals surface area contributed by atoms with Gasteiger partial charge in [0.15, 0.2) is 6.61 Å². The monoisotopic (exact) mass is 420 g/mol. The molecule has 0 bridgehead atoms. The van der Waals surface area contributed by atoms with Crippen LogP contribution in [-0.4, -0.2) is 54.4 Å². The van der Waals surface area contributed by atoms with Crippen LogP contribution in [0.4, 0.5) is 0 Å². The molecule has 1 saturated heterocycles. The molecule has 158 valence electrons. The fourth-order valence-corrected chi connectivity index (χ4v) is 4.90. The van der Waals surface area contributed by atoms with Gasteiger partial charge >= 0.3 is 0 Å². The van der Waals surface area contributed by atoms with Crippen LogP contribution in [-0.2, 0) is 21.4 Å². The second kappa shape index (κ2) is 9.89. The number of carbonyl (C=O) groups is 1. The molecule has 0 aliphatic carbocycles. The van der Waals surface area contributed by atoms with Gasteiger partial charge in [0.2, 0.25) is 10.0 Å². The Bertz CT molecular complexity index is 907. The van der Waals surface area contributed by atoms with E-state index in [9.17, 15) is 13.2 Å². The number of nitrogens with one attached hydrogen (secondary N) is 1. The number of carbonyl (C=O) groups excluding carboxylic acids is 1. The predicted octanol–water partition coefficient (Wildman–Crippen LogP) is 1.95. The maximum atomic E-state index is 12.8. The molecule has 0 saturated carbocycles. The zero-order chi connectivity index (χ0) is 20.7. The molecule has 1 aromatic carbocycles. The van der Waals surface area contributed by atoms with Crippen molar-refractivity contribution in [2.75, 3.05) is 26.2 Å². The normalized spacial score (nSPS) is 15.2. The summed E-state index contributed by atoms with van der Waals surface area (Å²) in [4.78, 5) is 16.2. The van der Waals surface area contributed by atoms with Gasteiger partial charge in [-0.2, -0.15) is 4.31 Å². The average molecular weight is 421 g/mol. The van der Waals surface area contributed by atoms with E-state index in [0.29, 0.717) is 30.9 Å². The van der Waals surface area contributed by atoms with Crippen molar-refractivity contribution in [3.05, 3.63) is 42.5 Å². The first-order valence-electron chi connectivity index (χ1n) is 9.93. The van der Waals surface area contributed by atoms with Crippen LogP contribution in [0.3, 0.4) is 0 Å². The molecule has 8 nitrogen and oxygen atoms in total. The number of benzene rings is 1. The Hall–Kier alpha value is -2.39. The number of amides is 1. The number of imidazole rings is 1. The van der Waals surface area contributed by atoms with Gasteiger partial charge in [-0.05, 0) is 49.9 Å². The topological polar surface area (TPSA) is 93.5 Å². The van der Waals surface area contributed by atoms with Gasteiger partial charge in [0.1, 0.15) is 5.75 Å². The van der Waals surface area contributed by atoms with Crippen molar-refractivity contribution in [3.8, 4) is 5.75 Å². The van der Waals surface area contributed by atoms with E-state index >= 15 is 0 Å². The van der Waals surface area contributed by atoms with Crippen molar-refractivity contribution in [2.24, 2.45) is 0 Å². The van der Waals surface area contributed by atoms with E-state index in [1.54, 1.807) is 42.0 Å². The zero-order valence-electron chi connectivity index (χ0n) is 16.7. The van der Waals surface area contributed by atoms with Crippen LogP contribution >= 0.6 is 0 Å². The summed E-state index contributed by atoms with van der Waals surface area (Å²) in [7, 11) is -3.47. The van der Waals surface area contributed by atoms with Gasteiger partial charge in [-0.3, -0.25) is 4.79 Å². The molecule has 0 atom stereocenters. The number of sulfonamides is 1. The van der Waals surface area contributed by atoms with Gasteiger partial charge in [0, 0.05) is 38.6 Å². The zero-order valence-corrected chi connectivity index (χ0v) is 17.5. The van der Waals surface area contributed by atoms with Crippen molar-refractivity contribution in [3.63, 3.8) is 0 Å². The maximum Gasteiger partial charge on any atom is 0.257 e. The molecule has 9 heteroatoms. The van der Waals surface area contributed by atoms with Crippen molar-refractivity contribution in [1.29, 1.82) is 0 Å².